The van der Waals surface area contributed by atoms with Gasteiger partial charge in [-0.1, -0.05) is 6.07 Å². The van der Waals surface area contributed by atoms with Crippen LogP contribution in [0.15, 0.2) is 18.3 Å². The van der Waals surface area contributed by atoms with Crippen LogP contribution >= 0.6 is 0 Å². The highest BCUT2D eigenvalue weighted by Gasteiger charge is 2.05. The van der Waals surface area contributed by atoms with E-state index < -0.39 is 0 Å². The Hall–Kier alpha value is -1.42. The maximum absolute atomic E-state index is 13.0. The van der Waals surface area contributed by atoms with Crippen LogP contribution in [0.2, 0.25) is 0 Å². The number of nitrogens with one attached hydrogen (secondary N) is 1. The van der Waals surface area contributed by atoms with E-state index in [-0.39, 0.29) is 5.82 Å². The first-order valence-electron chi connectivity index (χ1n) is 3.63. The maximum Gasteiger partial charge on any atom is 0.148 e. The van der Waals surface area contributed by atoms with E-state index in [4.69, 9.17) is 5.73 Å². The van der Waals surface area contributed by atoms with Crippen molar-refractivity contribution in [2.45, 2.75) is 6.54 Å². The lowest BCUT2D eigenvalue weighted by atomic mass is 10.1. The normalized spacial score (nSPS) is 10.8. The lowest BCUT2D eigenvalue weighted by Crippen LogP contribution is -1.96. The predicted octanol–water partition coefficient (Wildman–Crippen LogP) is 1.16. The zero-order valence-corrected chi connectivity index (χ0v) is 6.34. The van der Waals surface area contributed by atoms with Crippen molar-refractivity contribution in [2.75, 3.05) is 0 Å². The summed E-state index contributed by atoms with van der Waals surface area (Å²) in [5.41, 5.74) is 6.79. The fraction of sp³-hybridized carbons (Fsp3) is 0.125. The Balaban J connectivity index is 2.82. The van der Waals surface area contributed by atoms with Crippen molar-refractivity contribution in [2.24, 2.45) is 5.73 Å². The Kier molecular flexibility index (Phi) is 1.55. The Labute approximate surface area is 68.4 Å². The monoisotopic (exact) mass is 165 g/mol. The number of benzene rings is 1. The van der Waals surface area contributed by atoms with Crippen LogP contribution in [-0.4, -0.2) is 10.2 Å². The lowest BCUT2D eigenvalue weighted by Gasteiger charge is -1.98. The number of aromatic amines is 1. The molecule has 1 aromatic heterocycles. The molecule has 0 aliphatic rings. The number of nitrogens with two attached hydrogens (primary N) is 1. The lowest BCUT2D eigenvalue weighted by molar-refractivity contribution is 0.636. The van der Waals surface area contributed by atoms with E-state index in [0.29, 0.717) is 12.1 Å². The second-order valence-corrected chi connectivity index (χ2v) is 2.57. The predicted molar refractivity (Wildman–Crippen MR) is 43.9 cm³/mol. The summed E-state index contributed by atoms with van der Waals surface area (Å²) in [5, 5.41) is 7.09. The number of nitrogens with zero attached hydrogens (tertiary/aromatic N) is 1. The molecule has 2 aromatic rings. The van der Waals surface area contributed by atoms with Gasteiger partial charge in [-0.25, -0.2) is 4.39 Å². The fourth-order valence-corrected chi connectivity index (χ4v) is 1.24. The average Bonchev–Trinajstić information content (AvgIpc) is 2.54. The van der Waals surface area contributed by atoms with E-state index in [1.54, 1.807) is 12.3 Å². The second-order valence-electron chi connectivity index (χ2n) is 2.57. The van der Waals surface area contributed by atoms with Crippen molar-refractivity contribution in [3.8, 4) is 0 Å². The standard InChI is InChI=1S/C8H8FN3/c9-7-2-1-5(3-10)6-4-11-12-8(6)7/h1-2,4H,3,10H2,(H,11,12). The molecule has 0 aliphatic heterocycles. The molecule has 4 heteroatoms. The number of aromatic nitrogens is 2. The number of H-pyrrole nitrogens is 1. The highest BCUT2D eigenvalue weighted by Crippen LogP contribution is 2.18. The number of rotatable bonds is 1. The summed E-state index contributed by atoms with van der Waals surface area (Å²) >= 11 is 0. The maximum atomic E-state index is 13.0. The molecule has 3 N–H and O–H groups in total. The van der Waals surface area contributed by atoms with E-state index >= 15 is 0 Å². The number of hydrogen-bond acceptors (Lipinski definition) is 2. The Morgan fingerprint density at radius 3 is 3.08 bits per heavy atom. The van der Waals surface area contributed by atoms with E-state index in [0.717, 1.165) is 10.9 Å². The molecule has 0 unspecified atom stereocenters. The van der Waals surface area contributed by atoms with E-state index in [1.807, 2.05) is 0 Å². The smallest absolute Gasteiger partial charge is 0.148 e. The summed E-state index contributed by atoms with van der Waals surface area (Å²) in [6, 6.07) is 3.07. The molecule has 0 aliphatic carbocycles. The zero-order chi connectivity index (χ0) is 8.55. The third-order valence-corrected chi connectivity index (χ3v) is 1.87. The summed E-state index contributed by atoms with van der Waals surface area (Å²) in [4.78, 5) is 0. The van der Waals surface area contributed by atoms with Crippen molar-refractivity contribution >= 4 is 10.9 Å². The largest absolute Gasteiger partial charge is 0.326 e. The highest BCUT2D eigenvalue weighted by molar-refractivity contribution is 5.82. The Morgan fingerprint density at radius 2 is 2.33 bits per heavy atom. The number of halogens is 1. The molecule has 1 aromatic carbocycles. The second kappa shape index (κ2) is 2.57. The van der Waals surface area contributed by atoms with Gasteiger partial charge < -0.3 is 5.73 Å². The van der Waals surface area contributed by atoms with Crippen molar-refractivity contribution in [3.05, 3.63) is 29.7 Å². The first-order valence-corrected chi connectivity index (χ1v) is 3.63. The SMILES string of the molecule is NCc1ccc(F)c2[nH]ncc12. The molecule has 0 amide bonds. The van der Waals surface area contributed by atoms with Gasteiger partial charge in [0.2, 0.25) is 0 Å². The topological polar surface area (TPSA) is 54.7 Å². The molecule has 0 atom stereocenters. The van der Waals surface area contributed by atoms with Gasteiger partial charge in [-0.2, -0.15) is 5.10 Å². The van der Waals surface area contributed by atoms with Gasteiger partial charge in [0, 0.05) is 11.9 Å². The minimum Gasteiger partial charge on any atom is -0.326 e. The highest BCUT2D eigenvalue weighted by atomic mass is 19.1. The summed E-state index contributed by atoms with van der Waals surface area (Å²) in [6.07, 6.45) is 1.58. The number of hydrogen-bond donors (Lipinski definition) is 2. The summed E-state index contributed by atoms with van der Waals surface area (Å²) in [7, 11) is 0. The third kappa shape index (κ3) is 0.887. The molecule has 0 saturated carbocycles. The molecule has 12 heavy (non-hydrogen) atoms. The van der Waals surface area contributed by atoms with Gasteiger partial charge in [-0.3, -0.25) is 5.10 Å². The van der Waals surface area contributed by atoms with E-state index in [9.17, 15) is 4.39 Å². The summed E-state index contributed by atoms with van der Waals surface area (Å²) in [6.45, 7) is 0.399. The van der Waals surface area contributed by atoms with Crippen molar-refractivity contribution < 1.29 is 4.39 Å². The molecule has 3 nitrogen and oxygen atoms in total. The molecular weight excluding hydrogens is 157 g/mol. The van der Waals surface area contributed by atoms with Crippen LogP contribution in [0.1, 0.15) is 5.56 Å². The van der Waals surface area contributed by atoms with Crippen LogP contribution in [0, 0.1) is 5.82 Å². The van der Waals surface area contributed by atoms with E-state index in [2.05, 4.69) is 10.2 Å². The van der Waals surface area contributed by atoms with Gasteiger partial charge in [0.05, 0.1) is 6.20 Å². The molecular formula is C8H8FN3. The molecule has 0 spiro atoms. The molecule has 0 fully saturated rings. The molecule has 0 saturated heterocycles. The Morgan fingerprint density at radius 1 is 1.50 bits per heavy atom. The molecule has 62 valence electrons. The van der Waals surface area contributed by atoms with Gasteiger partial charge in [0.15, 0.2) is 0 Å². The first-order chi connectivity index (χ1) is 5.83. The van der Waals surface area contributed by atoms with Gasteiger partial charge in [0.1, 0.15) is 11.3 Å². The van der Waals surface area contributed by atoms with Crippen molar-refractivity contribution in [3.63, 3.8) is 0 Å². The first kappa shape index (κ1) is 7.24. The van der Waals surface area contributed by atoms with Crippen molar-refractivity contribution in [1.29, 1.82) is 0 Å². The third-order valence-electron chi connectivity index (χ3n) is 1.87. The molecule has 0 radical (unpaired) electrons. The zero-order valence-electron chi connectivity index (χ0n) is 6.34. The van der Waals surface area contributed by atoms with Gasteiger partial charge >= 0.3 is 0 Å². The van der Waals surface area contributed by atoms with Gasteiger partial charge in [-0.05, 0) is 11.6 Å². The van der Waals surface area contributed by atoms with Gasteiger partial charge in [0.25, 0.3) is 0 Å². The van der Waals surface area contributed by atoms with Crippen LogP contribution in [0.25, 0.3) is 10.9 Å². The minimum absolute atomic E-state index is 0.292. The minimum atomic E-state index is -0.292. The Bertz CT molecular complexity index is 408. The summed E-state index contributed by atoms with van der Waals surface area (Å²) in [5.74, 6) is -0.292. The quantitative estimate of drug-likeness (QED) is 0.666. The summed E-state index contributed by atoms with van der Waals surface area (Å²) < 4.78 is 13.0. The van der Waals surface area contributed by atoms with Crippen LogP contribution in [-0.2, 0) is 6.54 Å². The average molecular weight is 165 g/mol. The van der Waals surface area contributed by atoms with Crippen molar-refractivity contribution in [1.82, 2.24) is 10.2 Å². The molecule has 1 heterocycles. The van der Waals surface area contributed by atoms with Crippen LogP contribution in [0.3, 0.4) is 0 Å². The fourth-order valence-electron chi connectivity index (χ4n) is 1.24. The van der Waals surface area contributed by atoms with E-state index in [1.165, 1.54) is 6.07 Å². The molecule has 0 bridgehead atoms. The van der Waals surface area contributed by atoms with Crippen LogP contribution < -0.4 is 5.73 Å². The number of fused-ring (bicyclic) bond motifs is 1. The molecule has 2 rings (SSSR count). The van der Waals surface area contributed by atoms with Crippen LogP contribution in [0.5, 0.6) is 0 Å². The van der Waals surface area contributed by atoms with Gasteiger partial charge in [-0.15, -0.1) is 0 Å². The van der Waals surface area contributed by atoms with Crippen LogP contribution in [0.4, 0.5) is 4.39 Å².